The lowest BCUT2D eigenvalue weighted by Gasteiger charge is -2.36. The summed E-state index contributed by atoms with van der Waals surface area (Å²) in [6.07, 6.45) is 1.20. The quantitative estimate of drug-likeness (QED) is 0.395. The summed E-state index contributed by atoms with van der Waals surface area (Å²) in [5, 5.41) is 2.75. The molecule has 1 aromatic heterocycles. The van der Waals surface area contributed by atoms with Crippen LogP contribution in [-0.4, -0.2) is 102 Å². The van der Waals surface area contributed by atoms with Crippen molar-refractivity contribution in [3.05, 3.63) is 64.6 Å². The Morgan fingerprint density at radius 1 is 1.02 bits per heavy atom. The van der Waals surface area contributed by atoms with Gasteiger partial charge in [0.25, 0.3) is 17.7 Å². The SMILES string of the molecule is Cn1c(-c2ccc(OCF)c(F)c2F)cnc1C(=O)Nc1ccc(C(=O)N2CCN(C(=O)C[N+](C)(C)C)CC2)c(Cl)c1. The highest BCUT2D eigenvalue weighted by molar-refractivity contribution is 6.34. The zero-order valence-electron chi connectivity index (χ0n) is 23.6. The van der Waals surface area contributed by atoms with Crippen LogP contribution in [0.4, 0.5) is 18.9 Å². The van der Waals surface area contributed by atoms with Gasteiger partial charge in [0.1, 0.15) is 0 Å². The second-order valence-corrected chi connectivity index (χ2v) is 11.2. The summed E-state index contributed by atoms with van der Waals surface area (Å²) in [6, 6.07) is 6.71. The first-order valence-corrected chi connectivity index (χ1v) is 13.4. The Hall–Kier alpha value is -4.10. The Morgan fingerprint density at radius 3 is 2.31 bits per heavy atom. The van der Waals surface area contributed by atoms with E-state index >= 15 is 0 Å². The number of amides is 3. The van der Waals surface area contributed by atoms with Gasteiger partial charge >= 0.3 is 0 Å². The zero-order valence-corrected chi connectivity index (χ0v) is 24.3. The number of imidazole rings is 1. The van der Waals surface area contributed by atoms with Crippen molar-refractivity contribution in [1.82, 2.24) is 19.4 Å². The molecule has 3 aromatic rings. The van der Waals surface area contributed by atoms with Crippen LogP contribution in [0.1, 0.15) is 21.0 Å². The van der Waals surface area contributed by atoms with E-state index in [1.807, 2.05) is 21.1 Å². The first kappa shape index (κ1) is 30.8. The minimum Gasteiger partial charge on any atom is -0.460 e. The van der Waals surface area contributed by atoms with Crippen LogP contribution in [0.15, 0.2) is 36.5 Å². The van der Waals surface area contributed by atoms with E-state index in [1.165, 1.54) is 42.1 Å². The van der Waals surface area contributed by atoms with Gasteiger partial charge in [-0.05, 0) is 30.3 Å². The fraction of sp³-hybridized carbons (Fsp3) is 0.357. The number of carbonyl (C=O) groups is 3. The van der Waals surface area contributed by atoms with E-state index in [9.17, 15) is 27.6 Å². The number of benzene rings is 2. The minimum atomic E-state index is -1.36. The van der Waals surface area contributed by atoms with Crippen LogP contribution in [0.25, 0.3) is 11.3 Å². The topological polar surface area (TPSA) is 96.8 Å². The predicted molar refractivity (Wildman–Crippen MR) is 150 cm³/mol. The highest BCUT2D eigenvalue weighted by atomic mass is 35.5. The molecule has 1 N–H and O–H groups in total. The van der Waals surface area contributed by atoms with Crippen LogP contribution < -0.4 is 10.1 Å². The van der Waals surface area contributed by atoms with Crippen LogP contribution in [0, 0.1) is 11.6 Å². The average molecular weight is 608 g/mol. The maximum Gasteiger partial charge on any atom is 0.291 e. The number of piperazine rings is 1. The molecule has 0 spiro atoms. The summed E-state index contributed by atoms with van der Waals surface area (Å²) in [5.41, 5.74) is 0.434. The Morgan fingerprint density at radius 2 is 1.69 bits per heavy atom. The largest absolute Gasteiger partial charge is 0.460 e. The molecule has 42 heavy (non-hydrogen) atoms. The fourth-order valence-corrected chi connectivity index (χ4v) is 4.82. The smallest absolute Gasteiger partial charge is 0.291 e. The molecular weight excluding hydrogens is 577 g/mol. The number of anilines is 1. The number of hydrogen-bond donors (Lipinski definition) is 1. The van der Waals surface area contributed by atoms with E-state index in [0.717, 1.165) is 6.07 Å². The average Bonchev–Trinajstić information content (AvgIpc) is 3.31. The van der Waals surface area contributed by atoms with Crippen molar-refractivity contribution < 1.29 is 36.8 Å². The Kier molecular flexibility index (Phi) is 9.12. The Bertz CT molecular complexity index is 1520. The van der Waals surface area contributed by atoms with Crippen LogP contribution in [0.3, 0.4) is 0 Å². The molecule has 1 saturated heterocycles. The number of likely N-dealkylation sites (N-methyl/N-ethyl adjacent to an activating group) is 1. The number of quaternary nitrogens is 1. The van der Waals surface area contributed by atoms with Crippen LogP contribution in [-0.2, 0) is 11.8 Å². The molecule has 1 aliphatic rings. The van der Waals surface area contributed by atoms with Gasteiger partial charge in [-0.1, -0.05) is 11.6 Å². The van der Waals surface area contributed by atoms with Gasteiger partial charge in [0.05, 0.1) is 43.6 Å². The van der Waals surface area contributed by atoms with Crippen molar-refractivity contribution in [3.63, 3.8) is 0 Å². The van der Waals surface area contributed by atoms with E-state index in [4.69, 9.17) is 11.6 Å². The van der Waals surface area contributed by atoms with E-state index in [1.54, 1.807) is 9.80 Å². The molecule has 0 unspecified atom stereocenters. The Balaban J connectivity index is 1.42. The van der Waals surface area contributed by atoms with Crippen molar-refractivity contribution in [2.24, 2.45) is 7.05 Å². The molecule has 1 fully saturated rings. The molecule has 10 nitrogen and oxygen atoms in total. The van der Waals surface area contributed by atoms with E-state index < -0.39 is 30.2 Å². The van der Waals surface area contributed by atoms with Crippen molar-refractivity contribution in [1.29, 1.82) is 0 Å². The van der Waals surface area contributed by atoms with Crippen molar-refractivity contribution >= 4 is 35.0 Å². The van der Waals surface area contributed by atoms with Crippen molar-refractivity contribution in [2.75, 3.05) is 66.0 Å². The van der Waals surface area contributed by atoms with Gasteiger partial charge in [-0.3, -0.25) is 14.4 Å². The lowest BCUT2D eigenvalue weighted by Crippen LogP contribution is -2.54. The molecule has 2 heterocycles. The van der Waals surface area contributed by atoms with Gasteiger partial charge < -0.3 is 28.9 Å². The molecule has 14 heteroatoms. The number of nitrogens with one attached hydrogen (secondary N) is 1. The second kappa shape index (κ2) is 12.4. The third-order valence-corrected chi connectivity index (χ3v) is 7.02. The van der Waals surface area contributed by atoms with Gasteiger partial charge in [-0.15, -0.1) is 0 Å². The van der Waals surface area contributed by atoms with Gasteiger partial charge in [-0.25, -0.2) is 13.8 Å². The van der Waals surface area contributed by atoms with Gasteiger partial charge in [0.15, 0.2) is 23.9 Å². The number of ether oxygens (including phenoxy) is 1. The van der Waals surface area contributed by atoms with Crippen molar-refractivity contribution in [2.45, 2.75) is 0 Å². The molecule has 2 aromatic carbocycles. The van der Waals surface area contributed by atoms with Crippen LogP contribution in [0.5, 0.6) is 5.75 Å². The van der Waals surface area contributed by atoms with Gasteiger partial charge in [0.2, 0.25) is 12.7 Å². The monoisotopic (exact) mass is 607 g/mol. The summed E-state index contributed by atoms with van der Waals surface area (Å²) in [7, 11) is 7.27. The summed E-state index contributed by atoms with van der Waals surface area (Å²) in [6.45, 7) is 0.637. The molecule has 0 saturated carbocycles. The Labute approximate surface area is 245 Å². The van der Waals surface area contributed by atoms with E-state index in [2.05, 4.69) is 15.0 Å². The third kappa shape index (κ3) is 6.68. The van der Waals surface area contributed by atoms with Gasteiger partial charge in [-0.2, -0.15) is 4.39 Å². The molecule has 1 aliphatic heterocycles. The number of carbonyl (C=O) groups excluding carboxylic acids is 3. The predicted octanol–water partition coefficient (Wildman–Crippen LogP) is 3.57. The molecule has 3 amide bonds. The molecular formula is C28H31ClF3N6O4+. The molecule has 0 radical (unpaired) electrons. The van der Waals surface area contributed by atoms with Crippen LogP contribution in [0.2, 0.25) is 5.02 Å². The normalized spacial score (nSPS) is 13.7. The summed E-state index contributed by atoms with van der Waals surface area (Å²) < 4.78 is 47.5. The number of halogens is 4. The molecule has 4 rings (SSSR count). The first-order valence-electron chi connectivity index (χ1n) is 13.0. The number of alkyl halides is 1. The lowest BCUT2D eigenvalue weighted by atomic mass is 10.1. The molecule has 0 atom stereocenters. The number of hydrogen-bond acceptors (Lipinski definition) is 5. The second-order valence-electron chi connectivity index (χ2n) is 10.8. The summed E-state index contributed by atoms with van der Waals surface area (Å²) in [5.74, 6) is -4.24. The number of aromatic nitrogens is 2. The minimum absolute atomic E-state index is 0.0333. The molecule has 224 valence electrons. The molecule has 0 aliphatic carbocycles. The van der Waals surface area contributed by atoms with Crippen LogP contribution >= 0.6 is 11.6 Å². The third-order valence-electron chi connectivity index (χ3n) is 6.71. The fourth-order valence-electron chi connectivity index (χ4n) is 4.56. The van der Waals surface area contributed by atoms with Gasteiger partial charge in [0, 0.05) is 44.5 Å². The highest BCUT2D eigenvalue weighted by Crippen LogP contribution is 2.30. The number of nitrogens with zero attached hydrogens (tertiary/aromatic N) is 5. The lowest BCUT2D eigenvalue weighted by molar-refractivity contribution is -0.862. The standard InChI is InChI=1S/C28H30ClF3N6O4/c1-35-21(19-7-8-22(42-16-30)25(32)24(19)31)14-33-26(35)27(40)34-17-5-6-18(20(29)13-17)28(41)37-11-9-36(10-12-37)23(39)15-38(2,3)4/h5-8,13-14H,9-12,15-16H2,1-4H3/p+1. The van der Waals surface area contributed by atoms with E-state index in [-0.39, 0.29) is 45.2 Å². The number of rotatable bonds is 8. The summed E-state index contributed by atoms with van der Waals surface area (Å²) in [4.78, 5) is 46.0. The first-order chi connectivity index (χ1) is 19.8. The van der Waals surface area contributed by atoms with E-state index in [0.29, 0.717) is 37.2 Å². The maximum absolute atomic E-state index is 14.6. The summed E-state index contributed by atoms with van der Waals surface area (Å²) >= 11 is 6.41. The molecule has 0 bridgehead atoms. The highest BCUT2D eigenvalue weighted by Gasteiger charge is 2.28. The zero-order chi connectivity index (χ0) is 30.8. The maximum atomic E-state index is 14.6. The van der Waals surface area contributed by atoms with Crippen molar-refractivity contribution in [3.8, 4) is 17.0 Å².